The van der Waals surface area contributed by atoms with Crippen LogP contribution < -0.4 is 4.72 Å². The van der Waals surface area contributed by atoms with Gasteiger partial charge in [-0.15, -0.1) is 0 Å². The van der Waals surface area contributed by atoms with Gasteiger partial charge in [0.1, 0.15) is 5.84 Å². The molecule has 0 aromatic heterocycles. The minimum atomic E-state index is -3.53. The summed E-state index contributed by atoms with van der Waals surface area (Å²) in [4.78, 5) is 28.9. The molecule has 1 aliphatic heterocycles. The van der Waals surface area contributed by atoms with Crippen molar-refractivity contribution in [2.45, 2.75) is 30.6 Å². The number of hydrogen-bond acceptors (Lipinski definition) is 6. The fraction of sp³-hybridized carbons (Fsp3) is 0.240. The molecule has 0 amide bonds. The number of nitrogens with one attached hydrogen (secondary N) is 1. The van der Waals surface area contributed by atoms with Gasteiger partial charge in [0.2, 0.25) is 0 Å². The first-order valence-electron chi connectivity index (χ1n) is 10.8. The average Bonchev–Trinajstić information content (AvgIpc) is 3.09. The Morgan fingerprint density at radius 3 is 2.48 bits per heavy atom. The van der Waals surface area contributed by atoms with Gasteiger partial charge in [-0.1, -0.05) is 55.0 Å². The van der Waals surface area contributed by atoms with Crippen molar-refractivity contribution in [1.29, 1.82) is 0 Å². The number of nitrogens with zero attached hydrogens (tertiary/aromatic N) is 1. The van der Waals surface area contributed by atoms with Crippen molar-refractivity contribution in [2.24, 2.45) is 4.99 Å². The Hall–Kier alpha value is -3.52. The number of benzene rings is 3. The third kappa shape index (κ3) is 5.46. The van der Waals surface area contributed by atoms with Crippen molar-refractivity contribution < 1.29 is 22.7 Å². The van der Waals surface area contributed by atoms with E-state index in [4.69, 9.17) is 4.74 Å². The van der Waals surface area contributed by atoms with Gasteiger partial charge in [0.15, 0.2) is 12.4 Å². The SMILES string of the molecule is O=C(CCCCCN=C1NS(=O)(=O)c2ccccc21)OCC(=O)c1ccc2ccccc2c1. The maximum atomic E-state index is 12.3. The topological polar surface area (TPSA) is 102 Å². The molecule has 0 aliphatic carbocycles. The summed E-state index contributed by atoms with van der Waals surface area (Å²) in [6, 6.07) is 19.9. The van der Waals surface area contributed by atoms with Crippen LogP contribution in [0.1, 0.15) is 41.6 Å². The molecule has 0 bridgehead atoms. The number of ether oxygens (including phenoxy) is 1. The van der Waals surface area contributed by atoms with E-state index in [1.165, 1.54) is 0 Å². The summed E-state index contributed by atoms with van der Waals surface area (Å²) in [6.07, 6.45) is 2.27. The Kier molecular flexibility index (Phi) is 6.84. The number of aliphatic imine (C=N–C) groups is 1. The second-order valence-corrected chi connectivity index (χ2v) is 9.44. The van der Waals surface area contributed by atoms with Crippen LogP contribution in [0.15, 0.2) is 76.6 Å². The Balaban J connectivity index is 1.17. The van der Waals surface area contributed by atoms with Crippen molar-refractivity contribution in [3.8, 4) is 0 Å². The number of carbonyl (C=O) groups is 2. The summed E-state index contributed by atoms with van der Waals surface area (Å²) >= 11 is 0. The van der Waals surface area contributed by atoms with E-state index in [9.17, 15) is 18.0 Å². The standard InChI is InChI=1S/C25H24N2O5S/c28-22(20-14-13-18-8-3-4-9-19(18)16-20)17-32-24(29)12-2-1-7-15-26-25-21-10-5-6-11-23(21)33(30,31)27-25/h3-6,8-11,13-14,16H,1-2,7,12,15,17H2,(H,26,27). The predicted octanol–water partition coefficient (Wildman–Crippen LogP) is 3.86. The summed E-state index contributed by atoms with van der Waals surface area (Å²) in [6.45, 7) is 0.173. The lowest BCUT2D eigenvalue weighted by Crippen LogP contribution is -2.22. The number of sulfonamides is 1. The number of rotatable bonds is 9. The number of hydrogen-bond donors (Lipinski definition) is 1. The smallest absolute Gasteiger partial charge is 0.306 e. The van der Waals surface area contributed by atoms with Crippen LogP contribution in [-0.4, -0.2) is 39.2 Å². The molecule has 0 saturated heterocycles. The largest absolute Gasteiger partial charge is 0.457 e. The van der Waals surface area contributed by atoms with Crippen LogP contribution >= 0.6 is 0 Å². The van der Waals surface area contributed by atoms with Gasteiger partial charge < -0.3 is 4.74 Å². The van der Waals surface area contributed by atoms with Gasteiger partial charge in [-0.3, -0.25) is 19.3 Å². The summed E-state index contributed by atoms with van der Waals surface area (Å²) in [5, 5.41) is 2.01. The quantitative estimate of drug-likeness (QED) is 0.294. The molecule has 0 spiro atoms. The van der Waals surface area contributed by atoms with E-state index in [-0.39, 0.29) is 23.7 Å². The van der Waals surface area contributed by atoms with Gasteiger partial charge >= 0.3 is 5.97 Å². The van der Waals surface area contributed by atoms with Gasteiger partial charge in [0.05, 0.1) is 4.90 Å². The molecule has 0 radical (unpaired) electrons. The zero-order valence-electron chi connectivity index (χ0n) is 18.0. The molecule has 8 heteroatoms. The van der Waals surface area contributed by atoms with Gasteiger partial charge in [-0.2, -0.15) is 0 Å². The Labute approximate surface area is 192 Å². The van der Waals surface area contributed by atoms with E-state index in [1.54, 1.807) is 36.4 Å². The fourth-order valence-corrected chi connectivity index (χ4v) is 4.92. The molecule has 0 atom stereocenters. The van der Waals surface area contributed by atoms with E-state index in [2.05, 4.69) is 9.71 Å². The predicted molar refractivity (Wildman–Crippen MR) is 126 cm³/mol. The first-order chi connectivity index (χ1) is 15.9. The van der Waals surface area contributed by atoms with E-state index >= 15 is 0 Å². The molecule has 0 fully saturated rings. The minimum absolute atomic E-state index is 0.219. The van der Waals surface area contributed by atoms with Crippen LogP contribution in [0.4, 0.5) is 0 Å². The molecule has 0 unspecified atom stereocenters. The molecule has 1 N–H and O–H groups in total. The molecular weight excluding hydrogens is 440 g/mol. The van der Waals surface area contributed by atoms with Crippen LogP contribution in [0, 0.1) is 0 Å². The Morgan fingerprint density at radius 1 is 0.879 bits per heavy atom. The van der Waals surface area contributed by atoms with E-state index in [1.807, 2.05) is 30.3 Å². The van der Waals surface area contributed by atoms with Gasteiger partial charge in [0.25, 0.3) is 10.0 Å². The molecule has 3 aromatic rings. The van der Waals surface area contributed by atoms with Crippen LogP contribution in [-0.2, 0) is 19.6 Å². The number of Topliss-reactive ketones (excluding diaryl/α,β-unsaturated/α-hetero) is 1. The molecule has 0 saturated carbocycles. The summed E-state index contributed by atoms with van der Waals surface area (Å²) < 4.78 is 31.7. The molecule has 7 nitrogen and oxygen atoms in total. The van der Waals surface area contributed by atoms with Crippen molar-refractivity contribution in [1.82, 2.24) is 4.72 Å². The highest BCUT2D eigenvalue weighted by Gasteiger charge is 2.29. The second-order valence-electron chi connectivity index (χ2n) is 7.79. The number of amidine groups is 1. The molecule has 170 valence electrons. The van der Waals surface area contributed by atoms with Crippen LogP contribution in [0.25, 0.3) is 10.8 Å². The number of carbonyl (C=O) groups excluding carboxylic acids is 2. The zero-order valence-corrected chi connectivity index (χ0v) is 18.8. The average molecular weight is 465 g/mol. The van der Waals surface area contributed by atoms with E-state index in [0.29, 0.717) is 36.3 Å². The summed E-state index contributed by atoms with van der Waals surface area (Å²) in [7, 11) is -3.53. The van der Waals surface area contributed by atoms with Crippen LogP contribution in [0.2, 0.25) is 0 Å². The first kappa shape index (κ1) is 22.7. The molecule has 4 rings (SSSR count). The molecular formula is C25H24N2O5S. The fourth-order valence-electron chi connectivity index (χ4n) is 3.66. The Bertz CT molecular complexity index is 1330. The van der Waals surface area contributed by atoms with Gasteiger partial charge in [-0.05, 0) is 41.8 Å². The zero-order chi connectivity index (χ0) is 23.3. The highest BCUT2D eigenvalue weighted by Crippen LogP contribution is 2.22. The number of ketones is 1. The lowest BCUT2D eigenvalue weighted by Gasteiger charge is -2.06. The third-order valence-electron chi connectivity index (χ3n) is 5.41. The van der Waals surface area contributed by atoms with Crippen molar-refractivity contribution in [3.63, 3.8) is 0 Å². The van der Waals surface area contributed by atoms with Crippen LogP contribution in [0.3, 0.4) is 0 Å². The van der Waals surface area contributed by atoms with Crippen molar-refractivity contribution in [3.05, 3.63) is 77.9 Å². The maximum absolute atomic E-state index is 12.3. The van der Waals surface area contributed by atoms with Crippen molar-refractivity contribution >= 4 is 38.4 Å². The lowest BCUT2D eigenvalue weighted by molar-refractivity contribution is -0.142. The maximum Gasteiger partial charge on any atom is 0.306 e. The molecule has 33 heavy (non-hydrogen) atoms. The molecule has 1 heterocycles. The molecule has 1 aliphatic rings. The number of fused-ring (bicyclic) bond motifs is 2. The van der Waals surface area contributed by atoms with Gasteiger partial charge in [0, 0.05) is 24.1 Å². The highest BCUT2D eigenvalue weighted by atomic mass is 32.2. The summed E-state index contributed by atoms with van der Waals surface area (Å²) in [5.74, 6) is -0.283. The molecule has 3 aromatic carbocycles. The second kappa shape index (κ2) is 9.95. The number of unbranched alkanes of at least 4 members (excludes halogenated alkanes) is 2. The highest BCUT2D eigenvalue weighted by molar-refractivity contribution is 7.90. The monoisotopic (exact) mass is 464 g/mol. The minimum Gasteiger partial charge on any atom is -0.457 e. The number of esters is 1. The summed E-state index contributed by atoms with van der Waals surface area (Å²) in [5.41, 5.74) is 1.10. The third-order valence-corrected chi connectivity index (χ3v) is 6.80. The van der Waals surface area contributed by atoms with E-state index < -0.39 is 16.0 Å². The normalized spacial score (nSPS) is 15.2. The van der Waals surface area contributed by atoms with Crippen LogP contribution in [0.5, 0.6) is 0 Å². The first-order valence-corrected chi connectivity index (χ1v) is 12.3. The van der Waals surface area contributed by atoms with Gasteiger partial charge in [-0.25, -0.2) is 8.42 Å². The van der Waals surface area contributed by atoms with E-state index in [0.717, 1.165) is 17.2 Å². The lowest BCUT2D eigenvalue weighted by atomic mass is 10.0. The Morgan fingerprint density at radius 2 is 1.64 bits per heavy atom. The van der Waals surface area contributed by atoms with Crippen molar-refractivity contribution in [2.75, 3.05) is 13.2 Å².